The molecule has 1 aromatic heterocycles. The average molecular weight is 299 g/mol. The van der Waals surface area contributed by atoms with Crippen molar-refractivity contribution in [3.8, 4) is 0 Å². The van der Waals surface area contributed by atoms with Gasteiger partial charge in [-0.1, -0.05) is 37.3 Å². The van der Waals surface area contributed by atoms with Crippen LogP contribution in [0, 0.1) is 0 Å². The SMILES string of the molecule is CCC(O)(CC(=O)N(C)Cc1cnccn1)c1ccccc1. The highest BCUT2D eigenvalue weighted by Crippen LogP contribution is 2.29. The van der Waals surface area contributed by atoms with Crippen molar-refractivity contribution in [1.82, 2.24) is 14.9 Å². The second-order valence-electron chi connectivity index (χ2n) is 5.37. The molecule has 0 bridgehead atoms. The zero-order chi connectivity index (χ0) is 16.0. The molecule has 0 radical (unpaired) electrons. The number of amides is 1. The Labute approximate surface area is 130 Å². The van der Waals surface area contributed by atoms with E-state index in [1.165, 1.54) is 0 Å². The number of carbonyl (C=O) groups is 1. The van der Waals surface area contributed by atoms with Crippen LogP contribution in [0.15, 0.2) is 48.9 Å². The van der Waals surface area contributed by atoms with Crippen LogP contribution in [0.2, 0.25) is 0 Å². The number of hydrogen-bond donors (Lipinski definition) is 1. The molecule has 1 atom stereocenters. The van der Waals surface area contributed by atoms with Gasteiger partial charge in [0.1, 0.15) is 0 Å². The minimum absolute atomic E-state index is 0.0459. The molecule has 0 saturated heterocycles. The lowest BCUT2D eigenvalue weighted by atomic mass is 9.87. The van der Waals surface area contributed by atoms with Crippen molar-refractivity contribution in [2.75, 3.05) is 7.05 Å². The first-order valence-corrected chi connectivity index (χ1v) is 7.32. The van der Waals surface area contributed by atoms with Crippen LogP contribution in [0.25, 0.3) is 0 Å². The number of aliphatic hydroxyl groups is 1. The third kappa shape index (κ3) is 3.89. The Bertz CT molecular complexity index is 604. The van der Waals surface area contributed by atoms with Gasteiger partial charge >= 0.3 is 0 Å². The molecule has 1 aromatic carbocycles. The highest BCUT2D eigenvalue weighted by Gasteiger charge is 2.31. The van der Waals surface area contributed by atoms with Crippen LogP contribution in [0.1, 0.15) is 31.0 Å². The Balaban J connectivity index is 2.06. The summed E-state index contributed by atoms with van der Waals surface area (Å²) in [6.07, 6.45) is 5.34. The van der Waals surface area contributed by atoms with Gasteiger partial charge in [0.25, 0.3) is 0 Å². The lowest BCUT2D eigenvalue weighted by Crippen LogP contribution is -2.35. The highest BCUT2D eigenvalue weighted by molar-refractivity contribution is 5.77. The van der Waals surface area contributed by atoms with Crippen molar-refractivity contribution in [3.63, 3.8) is 0 Å². The molecular weight excluding hydrogens is 278 g/mol. The largest absolute Gasteiger partial charge is 0.385 e. The first-order chi connectivity index (χ1) is 10.5. The maximum atomic E-state index is 12.4. The summed E-state index contributed by atoms with van der Waals surface area (Å²) in [5.74, 6) is -0.126. The van der Waals surface area contributed by atoms with Crippen LogP contribution in [-0.4, -0.2) is 32.9 Å². The first-order valence-electron chi connectivity index (χ1n) is 7.32. The quantitative estimate of drug-likeness (QED) is 0.887. The Hall–Kier alpha value is -2.27. The maximum Gasteiger partial charge on any atom is 0.225 e. The van der Waals surface area contributed by atoms with E-state index < -0.39 is 5.60 Å². The van der Waals surface area contributed by atoms with E-state index in [1.807, 2.05) is 37.3 Å². The van der Waals surface area contributed by atoms with Crippen LogP contribution < -0.4 is 0 Å². The molecule has 0 aliphatic heterocycles. The second kappa shape index (κ2) is 7.13. The average Bonchev–Trinajstić information content (AvgIpc) is 2.56. The first kappa shape index (κ1) is 16.1. The van der Waals surface area contributed by atoms with Gasteiger partial charge in [0, 0.05) is 19.4 Å². The Morgan fingerprint density at radius 3 is 2.59 bits per heavy atom. The summed E-state index contributed by atoms with van der Waals surface area (Å²) in [7, 11) is 1.71. The van der Waals surface area contributed by atoms with E-state index >= 15 is 0 Å². The van der Waals surface area contributed by atoms with Crippen molar-refractivity contribution < 1.29 is 9.90 Å². The Morgan fingerprint density at radius 2 is 2.00 bits per heavy atom. The normalized spacial score (nSPS) is 13.4. The van der Waals surface area contributed by atoms with E-state index in [0.717, 1.165) is 11.3 Å². The van der Waals surface area contributed by atoms with Gasteiger partial charge in [-0.05, 0) is 12.0 Å². The van der Waals surface area contributed by atoms with E-state index in [2.05, 4.69) is 9.97 Å². The van der Waals surface area contributed by atoms with Gasteiger partial charge in [0.2, 0.25) is 5.91 Å². The summed E-state index contributed by atoms with van der Waals surface area (Å²) in [6, 6.07) is 9.31. The fourth-order valence-electron chi connectivity index (χ4n) is 2.31. The molecule has 0 aliphatic carbocycles. The van der Waals surface area contributed by atoms with E-state index in [-0.39, 0.29) is 12.3 Å². The van der Waals surface area contributed by atoms with Gasteiger partial charge in [0.05, 0.1) is 30.5 Å². The van der Waals surface area contributed by atoms with E-state index in [4.69, 9.17) is 0 Å². The third-order valence-electron chi connectivity index (χ3n) is 3.78. The zero-order valence-corrected chi connectivity index (χ0v) is 12.9. The van der Waals surface area contributed by atoms with Crippen molar-refractivity contribution >= 4 is 5.91 Å². The second-order valence-corrected chi connectivity index (χ2v) is 5.37. The molecule has 1 unspecified atom stereocenters. The number of nitrogens with zero attached hydrogens (tertiary/aromatic N) is 3. The molecule has 0 saturated carbocycles. The van der Waals surface area contributed by atoms with E-state index in [0.29, 0.717) is 13.0 Å². The summed E-state index contributed by atoms with van der Waals surface area (Å²) in [5, 5.41) is 10.8. The summed E-state index contributed by atoms with van der Waals surface area (Å²) in [6.45, 7) is 2.25. The topological polar surface area (TPSA) is 66.3 Å². The van der Waals surface area contributed by atoms with Gasteiger partial charge in [0.15, 0.2) is 0 Å². The van der Waals surface area contributed by atoms with Crippen molar-refractivity contribution in [1.29, 1.82) is 0 Å². The monoisotopic (exact) mass is 299 g/mol. The number of hydrogen-bond acceptors (Lipinski definition) is 4. The van der Waals surface area contributed by atoms with E-state index in [9.17, 15) is 9.90 Å². The predicted octanol–water partition coefficient (Wildman–Crippen LogP) is 2.12. The molecular formula is C17H21N3O2. The number of carbonyl (C=O) groups excluding carboxylic acids is 1. The van der Waals surface area contributed by atoms with Crippen LogP contribution in [0.4, 0.5) is 0 Å². The number of benzene rings is 1. The minimum Gasteiger partial charge on any atom is -0.385 e. The lowest BCUT2D eigenvalue weighted by Gasteiger charge is -2.29. The number of rotatable bonds is 6. The summed E-state index contributed by atoms with van der Waals surface area (Å²) in [4.78, 5) is 22.1. The molecule has 0 fully saturated rings. The molecule has 1 amide bonds. The number of aromatic nitrogens is 2. The van der Waals surface area contributed by atoms with Crippen LogP contribution in [-0.2, 0) is 16.9 Å². The van der Waals surface area contributed by atoms with E-state index in [1.54, 1.807) is 30.5 Å². The molecule has 2 rings (SSSR count). The minimum atomic E-state index is -1.14. The molecule has 5 nitrogen and oxygen atoms in total. The summed E-state index contributed by atoms with van der Waals surface area (Å²) in [5.41, 5.74) is 0.339. The van der Waals surface area contributed by atoms with Crippen LogP contribution in [0.5, 0.6) is 0 Å². The van der Waals surface area contributed by atoms with Gasteiger partial charge in [-0.25, -0.2) is 0 Å². The van der Waals surface area contributed by atoms with Gasteiger partial charge in [-0.3, -0.25) is 14.8 Å². The predicted molar refractivity (Wildman–Crippen MR) is 83.8 cm³/mol. The van der Waals surface area contributed by atoms with Crippen LogP contribution in [0.3, 0.4) is 0 Å². The molecule has 5 heteroatoms. The molecule has 22 heavy (non-hydrogen) atoms. The molecule has 116 valence electrons. The van der Waals surface area contributed by atoms with Crippen molar-refractivity contribution in [3.05, 3.63) is 60.2 Å². The lowest BCUT2D eigenvalue weighted by molar-refractivity contribution is -0.136. The van der Waals surface area contributed by atoms with Gasteiger partial charge < -0.3 is 10.0 Å². The summed E-state index contributed by atoms with van der Waals surface area (Å²) < 4.78 is 0. The Morgan fingerprint density at radius 1 is 1.27 bits per heavy atom. The summed E-state index contributed by atoms with van der Waals surface area (Å²) >= 11 is 0. The standard InChI is InChI=1S/C17H21N3O2/c1-3-17(22,14-7-5-4-6-8-14)11-16(21)20(2)13-15-12-18-9-10-19-15/h4-10,12,22H,3,11,13H2,1-2H3. The molecule has 1 N–H and O–H groups in total. The molecule has 1 heterocycles. The highest BCUT2D eigenvalue weighted by atomic mass is 16.3. The molecule has 2 aromatic rings. The molecule has 0 spiro atoms. The van der Waals surface area contributed by atoms with Crippen molar-refractivity contribution in [2.24, 2.45) is 0 Å². The fourth-order valence-corrected chi connectivity index (χ4v) is 2.31. The van der Waals surface area contributed by atoms with Crippen LogP contribution >= 0.6 is 0 Å². The fraction of sp³-hybridized carbons (Fsp3) is 0.353. The van der Waals surface area contributed by atoms with Gasteiger partial charge in [-0.2, -0.15) is 0 Å². The molecule has 0 aliphatic rings. The van der Waals surface area contributed by atoms with Crippen molar-refractivity contribution in [2.45, 2.75) is 31.9 Å². The smallest absolute Gasteiger partial charge is 0.225 e. The third-order valence-corrected chi connectivity index (χ3v) is 3.78. The zero-order valence-electron chi connectivity index (χ0n) is 12.9. The van der Waals surface area contributed by atoms with Gasteiger partial charge in [-0.15, -0.1) is 0 Å². The maximum absolute atomic E-state index is 12.4. The Kier molecular flexibility index (Phi) is 5.22.